The van der Waals surface area contributed by atoms with E-state index >= 15 is 0 Å². The number of rotatable bonds is 6. The largest absolute Gasteiger partial charge is 0.481 e. The molecule has 140 valence electrons. The van der Waals surface area contributed by atoms with Crippen molar-refractivity contribution in [3.63, 3.8) is 0 Å². The van der Waals surface area contributed by atoms with Crippen LogP contribution in [0, 0.1) is 11.3 Å². The fourth-order valence-electron chi connectivity index (χ4n) is 2.24. The molecule has 2 amide bonds. The summed E-state index contributed by atoms with van der Waals surface area (Å²) in [5.41, 5.74) is 0.981. The van der Waals surface area contributed by atoms with E-state index in [-0.39, 0.29) is 18.4 Å². The molecule has 0 heterocycles. The number of halogens is 2. The van der Waals surface area contributed by atoms with Gasteiger partial charge in [0.1, 0.15) is 5.75 Å². The molecule has 0 fully saturated rings. The highest BCUT2D eigenvalue weighted by Gasteiger charge is 2.21. The van der Waals surface area contributed by atoms with E-state index in [1.807, 2.05) is 6.07 Å². The van der Waals surface area contributed by atoms with Gasteiger partial charge in [-0.15, -0.1) is 0 Å². The third-order valence-electron chi connectivity index (χ3n) is 3.60. The summed E-state index contributed by atoms with van der Waals surface area (Å²) in [5.74, 6) is -0.276. The molecule has 0 saturated heterocycles. The molecule has 2 aromatic carbocycles. The van der Waals surface area contributed by atoms with Crippen LogP contribution in [0.4, 0.5) is 5.69 Å². The van der Waals surface area contributed by atoms with Crippen LogP contribution in [0.15, 0.2) is 42.5 Å². The maximum atomic E-state index is 12.4. The Morgan fingerprint density at radius 1 is 1.19 bits per heavy atom. The second kappa shape index (κ2) is 9.26. The van der Waals surface area contributed by atoms with Crippen LogP contribution >= 0.6 is 23.2 Å². The number of carbonyl (C=O) groups excluding carboxylic acids is 2. The lowest BCUT2D eigenvalue weighted by Crippen LogP contribution is -2.41. The Morgan fingerprint density at radius 3 is 2.44 bits per heavy atom. The lowest BCUT2D eigenvalue weighted by Gasteiger charge is -2.21. The lowest BCUT2D eigenvalue weighted by molar-refractivity contribution is -0.139. The molecule has 0 aliphatic carbocycles. The zero-order chi connectivity index (χ0) is 20.0. The summed E-state index contributed by atoms with van der Waals surface area (Å²) in [7, 11) is 1.51. The van der Waals surface area contributed by atoms with Crippen LogP contribution in [0.2, 0.25) is 10.0 Å². The van der Waals surface area contributed by atoms with Crippen molar-refractivity contribution in [3.05, 3.63) is 58.1 Å². The van der Waals surface area contributed by atoms with E-state index < -0.39 is 6.10 Å². The van der Waals surface area contributed by atoms with Crippen LogP contribution in [0.5, 0.6) is 5.75 Å². The Bertz CT molecular complexity index is 879. The molecule has 0 aliphatic heterocycles. The van der Waals surface area contributed by atoms with Crippen molar-refractivity contribution < 1.29 is 14.3 Å². The summed E-state index contributed by atoms with van der Waals surface area (Å²) in [6.07, 6.45) is -0.791. The maximum absolute atomic E-state index is 12.4. The fraction of sp³-hybridized carbons (Fsp3) is 0.211. The zero-order valence-corrected chi connectivity index (χ0v) is 16.2. The summed E-state index contributed by atoms with van der Waals surface area (Å²) in [6.45, 7) is 1.44. The highest BCUT2D eigenvalue weighted by atomic mass is 35.5. The van der Waals surface area contributed by atoms with Gasteiger partial charge in [0.2, 0.25) is 5.91 Å². The second-order valence-corrected chi connectivity index (χ2v) is 6.58. The Labute approximate surface area is 167 Å². The molecule has 2 rings (SSSR count). The van der Waals surface area contributed by atoms with Crippen LogP contribution in [0.3, 0.4) is 0 Å². The molecule has 1 N–H and O–H groups in total. The molecule has 1 atom stereocenters. The van der Waals surface area contributed by atoms with Gasteiger partial charge in [-0.05, 0) is 49.4 Å². The molecule has 0 radical (unpaired) electrons. The summed E-state index contributed by atoms with van der Waals surface area (Å²) >= 11 is 11.7. The molecule has 6 nitrogen and oxygen atoms in total. The van der Waals surface area contributed by atoms with Gasteiger partial charge in [-0.2, -0.15) is 5.26 Å². The average molecular weight is 406 g/mol. The quantitative estimate of drug-likeness (QED) is 0.793. The number of carbonyl (C=O) groups is 2. The van der Waals surface area contributed by atoms with E-state index in [9.17, 15) is 9.59 Å². The first-order valence-corrected chi connectivity index (χ1v) is 8.72. The SMILES string of the molecule is CC(Oc1ccc(C#N)cc1)C(=O)N(C)CC(=O)Nc1ccc(Cl)c(Cl)c1. The maximum Gasteiger partial charge on any atom is 0.263 e. The van der Waals surface area contributed by atoms with Gasteiger partial charge < -0.3 is 15.0 Å². The number of hydrogen-bond donors (Lipinski definition) is 1. The number of nitrogens with one attached hydrogen (secondary N) is 1. The number of hydrogen-bond acceptors (Lipinski definition) is 4. The zero-order valence-electron chi connectivity index (χ0n) is 14.7. The number of amides is 2. The normalized spacial score (nSPS) is 11.2. The molecule has 0 aliphatic rings. The number of nitriles is 1. The van der Waals surface area contributed by atoms with E-state index in [4.69, 9.17) is 33.2 Å². The number of nitrogens with zero attached hydrogens (tertiary/aromatic N) is 2. The van der Waals surface area contributed by atoms with E-state index in [0.29, 0.717) is 27.0 Å². The molecule has 0 bridgehead atoms. The summed E-state index contributed by atoms with van der Waals surface area (Å²) in [4.78, 5) is 25.8. The van der Waals surface area contributed by atoms with Crippen LogP contribution in [-0.4, -0.2) is 36.4 Å². The standard InChI is InChI=1S/C19H17Cl2N3O3/c1-12(27-15-6-3-13(10-22)4-7-15)19(26)24(2)11-18(25)23-14-5-8-16(20)17(21)9-14/h3-9,12H,11H2,1-2H3,(H,23,25). The molecule has 8 heteroatoms. The molecule has 0 saturated carbocycles. The minimum absolute atomic E-state index is 0.153. The van der Waals surface area contributed by atoms with Gasteiger partial charge >= 0.3 is 0 Å². The third-order valence-corrected chi connectivity index (χ3v) is 4.34. The van der Waals surface area contributed by atoms with Crippen molar-refractivity contribution in [1.82, 2.24) is 4.90 Å². The number of benzene rings is 2. The molecule has 0 spiro atoms. The van der Waals surface area contributed by atoms with Crippen molar-refractivity contribution >= 4 is 40.7 Å². The molecule has 2 aromatic rings. The van der Waals surface area contributed by atoms with Gasteiger partial charge in [-0.3, -0.25) is 9.59 Å². The van der Waals surface area contributed by atoms with E-state index in [1.54, 1.807) is 43.3 Å². The number of ether oxygens (including phenoxy) is 1. The van der Waals surface area contributed by atoms with E-state index in [2.05, 4.69) is 5.32 Å². The summed E-state index contributed by atoms with van der Waals surface area (Å²) in [5, 5.41) is 12.1. The van der Waals surface area contributed by atoms with E-state index in [1.165, 1.54) is 18.0 Å². The van der Waals surface area contributed by atoms with Crippen molar-refractivity contribution in [2.45, 2.75) is 13.0 Å². The minimum Gasteiger partial charge on any atom is -0.481 e. The second-order valence-electron chi connectivity index (χ2n) is 5.77. The first-order chi connectivity index (χ1) is 12.8. The Kier molecular flexibility index (Phi) is 7.05. The van der Waals surface area contributed by atoms with E-state index in [0.717, 1.165) is 0 Å². The predicted octanol–water partition coefficient (Wildman–Crippen LogP) is 3.73. The van der Waals surface area contributed by atoms with Gasteiger partial charge in [-0.1, -0.05) is 23.2 Å². The first kappa shape index (κ1) is 20.6. The van der Waals surface area contributed by atoms with Crippen LogP contribution in [-0.2, 0) is 9.59 Å². The van der Waals surface area contributed by atoms with Gasteiger partial charge in [-0.25, -0.2) is 0 Å². The third kappa shape index (κ3) is 5.88. The van der Waals surface area contributed by atoms with Gasteiger partial charge in [0, 0.05) is 12.7 Å². The lowest BCUT2D eigenvalue weighted by atomic mass is 10.2. The average Bonchev–Trinajstić information content (AvgIpc) is 2.64. The Hall–Kier alpha value is -2.75. The first-order valence-electron chi connectivity index (χ1n) is 7.97. The van der Waals surface area contributed by atoms with Gasteiger partial charge in [0.05, 0.1) is 28.2 Å². The van der Waals surface area contributed by atoms with Crippen LogP contribution < -0.4 is 10.1 Å². The summed E-state index contributed by atoms with van der Waals surface area (Å²) < 4.78 is 5.56. The Balaban J connectivity index is 1.90. The van der Waals surface area contributed by atoms with Crippen molar-refractivity contribution in [2.24, 2.45) is 0 Å². The molecular formula is C19H17Cl2N3O3. The van der Waals surface area contributed by atoms with Gasteiger partial charge in [0.25, 0.3) is 5.91 Å². The monoisotopic (exact) mass is 405 g/mol. The number of likely N-dealkylation sites (N-methyl/N-ethyl adjacent to an activating group) is 1. The smallest absolute Gasteiger partial charge is 0.263 e. The summed E-state index contributed by atoms with van der Waals surface area (Å²) in [6, 6.07) is 13.1. The number of anilines is 1. The topological polar surface area (TPSA) is 82.4 Å². The Morgan fingerprint density at radius 2 is 1.85 bits per heavy atom. The highest BCUT2D eigenvalue weighted by Crippen LogP contribution is 2.25. The van der Waals surface area contributed by atoms with Gasteiger partial charge in [0.15, 0.2) is 6.10 Å². The van der Waals surface area contributed by atoms with Crippen molar-refractivity contribution in [3.8, 4) is 11.8 Å². The molecule has 1 unspecified atom stereocenters. The van der Waals surface area contributed by atoms with Crippen LogP contribution in [0.1, 0.15) is 12.5 Å². The van der Waals surface area contributed by atoms with Crippen molar-refractivity contribution in [1.29, 1.82) is 5.26 Å². The van der Waals surface area contributed by atoms with Crippen LogP contribution in [0.25, 0.3) is 0 Å². The van der Waals surface area contributed by atoms with Crippen molar-refractivity contribution in [2.75, 3.05) is 18.9 Å². The molecule has 0 aromatic heterocycles. The predicted molar refractivity (Wildman–Crippen MR) is 104 cm³/mol. The fourth-order valence-corrected chi connectivity index (χ4v) is 2.54. The highest BCUT2D eigenvalue weighted by molar-refractivity contribution is 6.42. The molecule has 27 heavy (non-hydrogen) atoms. The minimum atomic E-state index is -0.791. The molecular weight excluding hydrogens is 389 g/mol.